The third-order valence-corrected chi connectivity index (χ3v) is 2.61. The number of carbonyl (C=O) groups is 3. The summed E-state index contributed by atoms with van der Waals surface area (Å²) in [6.07, 6.45) is 0. The zero-order chi connectivity index (χ0) is 11.7. The molecule has 0 heterocycles. The Bertz CT molecular complexity index is 316. The minimum atomic E-state index is -1.31. The van der Waals surface area contributed by atoms with Crippen LogP contribution in [-0.4, -0.2) is 41.1 Å². The molecule has 7 nitrogen and oxygen atoms in total. The summed E-state index contributed by atoms with van der Waals surface area (Å²) in [6, 6.07) is -1.31. The molecule has 4 atom stereocenters. The van der Waals surface area contributed by atoms with Gasteiger partial charge in [-0.05, 0) is 0 Å². The lowest BCUT2D eigenvalue weighted by Gasteiger charge is -2.03. The maximum Gasteiger partial charge on any atom is 0.320 e. The molecule has 0 aromatic heterocycles. The maximum atomic E-state index is 11.2. The highest BCUT2D eigenvalue weighted by Crippen LogP contribution is 2.48. The second-order valence-corrected chi connectivity index (χ2v) is 3.45. The number of carbonyl (C=O) groups excluding carboxylic acids is 1. The van der Waals surface area contributed by atoms with E-state index < -0.39 is 41.6 Å². The molecule has 0 radical (unpaired) electrons. The molecule has 0 unspecified atom stereocenters. The lowest BCUT2D eigenvalue weighted by molar-refractivity contribution is -0.141. The van der Waals surface area contributed by atoms with Gasteiger partial charge in [-0.3, -0.25) is 14.4 Å². The third kappa shape index (κ3) is 1.91. The van der Waals surface area contributed by atoms with Crippen molar-refractivity contribution in [3.05, 3.63) is 0 Å². The molecule has 7 heteroatoms. The molecule has 1 fully saturated rings. The van der Waals surface area contributed by atoms with Crippen molar-refractivity contribution in [2.75, 3.05) is 7.05 Å². The summed E-state index contributed by atoms with van der Waals surface area (Å²) in [5.41, 5.74) is 5.29. The molecular formula is C8H12N2O5. The van der Waals surface area contributed by atoms with Crippen LogP contribution >= 0.6 is 0 Å². The van der Waals surface area contributed by atoms with Crippen molar-refractivity contribution in [3.8, 4) is 0 Å². The van der Waals surface area contributed by atoms with Crippen LogP contribution in [0.4, 0.5) is 0 Å². The van der Waals surface area contributed by atoms with Crippen molar-refractivity contribution in [1.82, 2.24) is 5.32 Å². The molecule has 84 valence electrons. The normalized spacial score (nSPS) is 30.4. The molecule has 1 saturated carbocycles. The summed E-state index contributed by atoms with van der Waals surface area (Å²) in [6.45, 7) is 0. The summed E-state index contributed by atoms with van der Waals surface area (Å²) >= 11 is 0. The molecule has 15 heavy (non-hydrogen) atoms. The van der Waals surface area contributed by atoms with Crippen molar-refractivity contribution >= 4 is 17.8 Å². The monoisotopic (exact) mass is 216 g/mol. The van der Waals surface area contributed by atoms with Crippen molar-refractivity contribution < 1.29 is 24.6 Å². The fourth-order valence-corrected chi connectivity index (χ4v) is 1.77. The van der Waals surface area contributed by atoms with E-state index in [1.807, 2.05) is 0 Å². The zero-order valence-electron chi connectivity index (χ0n) is 8.01. The highest BCUT2D eigenvalue weighted by atomic mass is 16.4. The van der Waals surface area contributed by atoms with Crippen LogP contribution in [-0.2, 0) is 14.4 Å². The van der Waals surface area contributed by atoms with Gasteiger partial charge in [-0.15, -0.1) is 0 Å². The number of aliphatic carboxylic acids is 2. The van der Waals surface area contributed by atoms with Crippen LogP contribution in [0.5, 0.6) is 0 Å². The Morgan fingerprint density at radius 1 is 1.27 bits per heavy atom. The molecule has 1 amide bonds. The Kier molecular flexibility index (Phi) is 2.94. The molecule has 0 bridgehead atoms. The van der Waals surface area contributed by atoms with Crippen molar-refractivity contribution in [3.63, 3.8) is 0 Å². The van der Waals surface area contributed by atoms with Gasteiger partial charge in [-0.25, -0.2) is 0 Å². The van der Waals surface area contributed by atoms with E-state index in [0.717, 1.165) is 0 Å². The van der Waals surface area contributed by atoms with Crippen LogP contribution in [0.15, 0.2) is 0 Å². The van der Waals surface area contributed by atoms with Crippen LogP contribution in [0.3, 0.4) is 0 Å². The van der Waals surface area contributed by atoms with Gasteiger partial charge < -0.3 is 21.3 Å². The van der Waals surface area contributed by atoms with Crippen molar-refractivity contribution in [2.45, 2.75) is 6.04 Å². The molecule has 1 aliphatic rings. The Balaban J connectivity index is 2.78. The number of hydrogen-bond acceptors (Lipinski definition) is 4. The van der Waals surface area contributed by atoms with E-state index in [4.69, 9.17) is 15.9 Å². The number of hydrogen-bond donors (Lipinski definition) is 4. The Morgan fingerprint density at radius 3 is 2.13 bits per heavy atom. The highest BCUT2D eigenvalue weighted by Gasteiger charge is 2.62. The fourth-order valence-electron chi connectivity index (χ4n) is 1.77. The van der Waals surface area contributed by atoms with Crippen molar-refractivity contribution in [2.24, 2.45) is 23.5 Å². The molecule has 0 spiro atoms. The van der Waals surface area contributed by atoms with Crippen LogP contribution in [0.1, 0.15) is 0 Å². The number of rotatable bonds is 4. The van der Waals surface area contributed by atoms with E-state index >= 15 is 0 Å². The van der Waals surface area contributed by atoms with Gasteiger partial charge in [0.2, 0.25) is 5.91 Å². The quantitative estimate of drug-likeness (QED) is 0.434. The van der Waals surface area contributed by atoms with E-state index in [9.17, 15) is 14.4 Å². The first-order valence-electron chi connectivity index (χ1n) is 4.34. The van der Waals surface area contributed by atoms with Crippen LogP contribution < -0.4 is 11.1 Å². The van der Waals surface area contributed by atoms with Gasteiger partial charge in [0.15, 0.2) is 0 Å². The molecule has 1 rings (SSSR count). The van der Waals surface area contributed by atoms with Crippen molar-refractivity contribution in [1.29, 1.82) is 0 Å². The maximum absolute atomic E-state index is 11.2. The minimum absolute atomic E-state index is 0.482. The second-order valence-electron chi connectivity index (χ2n) is 3.45. The van der Waals surface area contributed by atoms with E-state index in [1.165, 1.54) is 7.05 Å². The molecule has 5 N–H and O–H groups in total. The standard InChI is InChI=1S/C8H12N2O5/c1-10-6(11)3-2(4(3)7(12)13)5(9)8(14)15/h2-5H,9H2,1H3,(H,10,11)(H,12,13)(H,14,15)/t2-,3+,4+,5-/m0/s1. The summed E-state index contributed by atoms with van der Waals surface area (Å²) < 4.78 is 0. The first-order valence-corrected chi connectivity index (χ1v) is 4.34. The van der Waals surface area contributed by atoms with Gasteiger partial charge in [0.25, 0.3) is 0 Å². The Labute approximate surface area is 85.3 Å². The molecule has 0 saturated heterocycles. The van der Waals surface area contributed by atoms with E-state index in [1.54, 1.807) is 0 Å². The average molecular weight is 216 g/mol. The molecule has 1 aliphatic carbocycles. The largest absolute Gasteiger partial charge is 0.481 e. The predicted molar refractivity (Wildman–Crippen MR) is 47.8 cm³/mol. The molecule has 0 aliphatic heterocycles. The van der Waals surface area contributed by atoms with Gasteiger partial charge in [0, 0.05) is 13.0 Å². The van der Waals surface area contributed by atoms with Crippen LogP contribution in [0.25, 0.3) is 0 Å². The topological polar surface area (TPSA) is 130 Å². The SMILES string of the molecule is CNC(=O)[C@H]1[C@H](C(=O)O)[C@H]1[C@H](N)C(=O)O. The fraction of sp³-hybridized carbons (Fsp3) is 0.625. The van der Waals surface area contributed by atoms with Gasteiger partial charge >= 0.3 is 11.9 Å². The summed E-state index contributed by atoms with van der Waals surface area (Å²) in [7, 11) is 1.36. The average Bonchev–Trinajstić information content (AvgIpc) is 2.90. The van der Waals surface area contributed by atoms with Gasteiger partial charge in [0.05, 0.1) is 11.8 Å². The summed E-state index contributed by atoms with van der Waals surface area (Å²) in [5.74, 6) is -5.61. The zero-order valence-corrected chi connectivity index (χ0v) is 8.01. The minimum Gasteiger partial charge on any atom is -0.481 e. The number of nitrogens with one attached hydrogen (secondary N) is 1. The number of carboxylic acids is 2. The van der Waals surface area contributed by atoms with E-state index in [2.05, 4.69) is 5.32 Å². The first kappa shape index (κ1) is 11.4. The lowest BCUT2D eigenvalue weighted by atomic mass is 10.1. The van der Waals surface area contributed by atoms with Crippen LogP contribution in [0, 0.1) is 17.8 Å². The second kappa shape index (κ2) is 3.85. The van der Waals surface area contributed by atoms with Gasteiger partial charge in [-0.2, -0.15) is 0 Å². The smallest absolute Gasteiger partial charge is 0.320 e. The van der Waals surface area contributed by atoms with E-state index in [-0.39, 0.29) is 0 Å². The molecule has 0 aromatic rings. The molecular weight excluding hydrogens is 204 g/mol. The van der Waals surface area contributed by atoms with Gasteiger partial charge in [-0.1, -0.05) is 0 Å². The Morgan fingerprint density at radius 2 is 1.80 bits per heavy atom. The summed E-state index contributed by atoms with van der Waals surface area (Å²) in [4.78, 5) is 32.5. The van der Waals surface area contributed by atoms with E-state index in [0.29, 0.717) is 0 Å². The predicted octanol–water partition coefficient (Wildman–Crippen LogP) is -1.91. The molecule has 0 aromatic carbocycles. The van der Waals surface area contributed by atoms with Gasteiger partial charge in [0.1, 0.15) is 6.04 Å². The first-order chi connectivity index (χ1) is 6.91. The Hall–Kier alpha value is -1.63. The number of nitrogens with two attached hydrogens (primary N) is 1. The number of carboxylic acid groups (broad SMARTS) is 2. The van der Waals surface area contributed by atoms with Crippen LogP contribution in [0.2, 0.25) is 0 Å². The highest BCUT2D eigenvalue weighted by molar-refractivity contribution is 5.92. The third-order valence-electron chi connectivity index (χ3n) is 2.61. The number of amides is 1. The summed E-state index contributed by atoms with van der Waals surface area (Å²) in [5, 5.41) is 19.6. The lowest BCUT2D eigenvalue weighted by Crippen LogP contribution is -2.35.